The number of nitrogens with zero attached hydrogens (tertiary/aromatic N) is 2. The summed E-state index contributed by atoms with van der Waals surface area (Å²) in [5.74, 6) is 1.39. The van der Waals surface area contributed by atoms with Gasteiger partial charge >= 0.3 is 0 Å². The van der Waals surface area contributed by atoms with Crippen LogP contribution in [0.5, 0.6) is 5.75 Å². The van der Waals surface area contributed by atoms with Crippen molar-refractivity contribution in [3.8, 4) is 17.1 Å². The molecule has 0 spiro atoms. The highest BCUT2D eigenvalue weighted by Crippen LogP contribution is 2.34. The van der Waals surface area contributed by atoms with E-state index in [4.69, 9.17) is 20.8 Å². The maximum absolute atomic E-state index is 5.99. The van der Waals surface area contributed by atoms with Gasteiger partial charge in [-0.05, 0) is 18.2 Å². The number of para-hydroxylation sites is 1. The molecule has 2 heterocycles. The van der Waals surface area contributed by atoms with Crippen LogP contribution in [0.3, 0.4) is 0 Å². The van der Waals surface area contributed by atoms with E-state index >= 15 is 0 Å². The quantitative estimate of drug-likeness (QED) is 0.661. The van der Waals surface area contributed by atoms with E-state index in [2.05, 4.69) is 9.97 Å². The first-order valence-corrected chi connectivity index (χ1v) is 5.71. The molecule has 18 heavy (non-hydrogen) atoms. The van der Waals surface area contributed by atoms with Gasteiger partial charge in [0.1, 0.15) is 23.0 Å². The van der Waals surface area contributed by atoms with E-state index in [-0.39, 0.29) is 0 Å². The van der Waals surface area contributed by atoms with Crippen LogP contribution in [-0.4, -0.2) is 17.1 Å². The van der Waals surface area contributed by atoms with Crippen molar-refractivity contribution in [2.45, 2.75) is 0 Å². The largest absolute Gasteiger partial charge is 0.496 e. The van der Waals surface area contributed by atoms with Gasteiger partial charge in [-0.15, -0.1) is 0 Å². The maximum atomic E-state index is 5.99. The van der Waals surface area contributed by atoms with Gasteiger partial charge in [-0.2, -0.15) is 0 Å². The molecule has 0 saturated carbocycles. The predicted octanol–water partition coefficient (Wildman–Crippen LogP) is 3.55. The Morgan fingerprint density at radius 1 is 1.22 bits per heavy atom. The number of fused-ring (bicyclic) bond motifs is 1. The zero-order valence-electron chi connectivity index (χ0n) is 9.55. The third-order valence-electron chi connectivity index (χ3n) is 2.65. The summed E-state index contributed by atoms with van der Waals surface area (Å²) in [6, 6.07) is 9.42. The fourth-order valence-electron chi connectivity index (χ4n) is 1.81. The maximum Gasteiger partial charge on any atom is 0.231 e. The molecule has 0 amide bonds. The summed E-state index contributed by atoms with van der Waals surface area (Å²) >= 11 is 5.99. The number of furan rings is 1. The molecule has 0 unspecified atom stereocenters. The molecule has 0 radical (unpaired) electrons. The Labute approximate surface area is 108 Å². The zero-order chi connectivity index (χ0) is 12.5. The number of aromatic nitrogens is 2. The number of hydrogen-bond acceptors (Lipinski definition) is 4. The fourth-order valence-corrected chi connectivity index (χ4v) is 1.99. The van der Waals surface area contributed by atoms with Crippen LogP contribution >= 0.6 is 11.6 Å². The Kier molecular flexibility index (Phi) is 2.64. The van der Waals surface area contributed by atoms with Gasteiger partial charge in [0.05, 0.1) is 18.1 Å². The highest BCUT2D eigenvalue weighted by molar-refractivity contribution is 6.33. The van der Waals surface area contributed by atoms with Gasteiger partial charge in [-0.25, -0.2) is 9.97 Å². The number of benzene rings is 1. The van der Waals surface area contributed by atoms with Crippen LogP contribution in [0, 0.1) is 0 Å². The Morgan fingerprint density at radius 3 is 2.83 bits per heavy atom. The van der Waals surface area contributed by atoms with E-state index in [1.807, 2.05) is 30.3 Å². The molecular weight excluding hydrogens is 252 g/mol. The van der Waals surface area contributed by atoms with Gasteiger partial charge < -0.3 is 9.15 Å². The second-order valence-electron chi connectivity index (χ2n) is 3.69. The minimum atomic E-state index is 0.380. The van der Waals surface area contributed by atoms with Crippen LogP contribution in [0.1, 0.15) is 0 Å². The lowest BCUT2D eigenvalue weighted by atomic mass is 10.1. The zero-order valence-corrected chi connectivity index (χ0v) is 10.3. The van der Waals surface area contributed by atoms with Gasteiger partial charge in [-0.1, -0.05) is 23.7 Å². The molecule has 0 bridgehead atoms. The van der Waals surface area contributed by atoms with Crippen LogP contribution in [0.25, 0.3) is 22.4 Å². The standard InChI is InChI=1S/C13H9ClN2O2/c1-17-10-5-3-2-4-8(10)11-6-9-12(14)15-7-16-13(9)18-11/h2-7H,1H3. The summed E-state index contributed by atoms with van der Waals surface area (Å²) < 4.78 is 11.0. The van der Waals surface area contributed by atoms with Gasteiger partial charge in [0.25, 0.3) is 0 Å². The Bertz CT molecular complexity index is 709. The summed E-state index contributed by atoms with van der Waals surface area (Å²) in [6.45, 7) is 0. The summed E-state index contributed by atoms with van der Waals surface area (Å²) in [4.78, 5) is 7.96. The lowest BCUT2D eigenvalue weighted by molar-refractivity contribution is 0.415. The van der Waals surface area contributed by atoms with E-state index in [1.165, 1.54) is 6.33 Å². The molecule has 0 saturated heterocycles. The molecule has 1 aromatic carbocycles. The molecule has 0 atom stereocenters. The molecule has 0 aliphatic carbocycles. The van der Waals surface area contributed by atoms with Crippen LogP contribution in [0.15, 0.2) is 41.1 Å². The summed E-state index contributed by atoms with van der Waals surface area (Å²) in [7, 11) is 1.62. The second kappa shape index (κ2) is 4.31. The normalized spacial score (nSPS) is 10.8. The van der Waals surface area contributed by atoms with Crippen LogP contribution in [-0.2, 0) is 0 Å². The molecule has 0 fully saturated rings. The molecule has 0 aliphatic heterocycles. The average Bonchev–Trinajstić information content (AvgIpc) is 2.84. The van der Waals surface area contributed by atoms with Crippen molar-refractivity contribution >= 4 is 22.7 Å². The van der Waals surface area contributed by atoms with E-state index in [0.29, 0.717) is 22.0 Å². The first-order chi connectivity index (χ1) is 8.79. The van der Waals surface area contributed by atoms with Crippen molar-refractivity contribution in [2.75, 3.05) is 7.11 Å². The van der Waals surface area contributed by atoms with Gasteiger partial charge in [-0.3, -0.25) is 0 Å². The van der Waals surface area contributed by atoms with Gasteiger partial charge in [0, 0.05) is 0 Å². The van der Waals surface area contributed by atoms with Crippen molar-refractivity contribution in [3.63, 3.8) is 0 Å². The Hall–Kier alpha value is -2.07. The summed E-state index contributed by atoms with van der Waals surface area (Å²) in [5, 5.41) is 1.07. The second-order valence-corrected chi connectivity index (χ2v) is 4.05. The topological polar surface area (TPSA) is 48.2 Å². The lowest BCUT2D eigenvalue weighted by Gasteiger charge is -2.04. The highest BCUT2D eigenvalue weighted by Gasteiger charge is 2.13. The van der Waals surface area contributed by atoms with Crippen molar-refractivity contribution in [2.24, 2.45) is 0 Å². The van der Waals surface area contributed by atoms with Gasteiger partial charge in [0.15, 0.2) is 0 Å². The minimum absolute atomic E-state index is 0.380. The average molecular weight is 261 g/mol. The van der Waals surface area contributed by atoms with Crippen molar-refractivity contribution in [1.29, 1.82) is 0 Å². The molecule has 5 heteroatoms. The molecule has 3 rings (SSSR count). The van der Waals surface area contributed by atoms with Crippen LogP contribution < -0.4 is 4.74 Å². The third kappa shape index (κ3) is 1.71. The van der Waals surface area contributed by atoms with Gasteiger partial charge in [0.2, 0.25) is 5.71 Å². The molecular formula is C13H9ClN2O2. The Balaban J connectivity index is 2.23. The smallest absolute Gasteiger partial charge is 0.231 e. The van der Waals surface area contributed by atoms with Crippen LogP contribution in [0.2, 0.25) is 5.15 Å². The van der Waals surface area contributed by atoms with E-state index < -0.39 is 0 Å². The van der Waals surface area contributed by atoms with Crippen molar-refractivity contribution in [1.82, 2.24) is 9.97 Å². The minimum Gasteiger partial charge on any atom is -0.496 e. The number of methoxy groups -OCH3 is 1. The first kappa shape index (κ1) is 11.0. The SMILES string of the molecule is COc1ccccc1-c1cc2c(Cl)ncnc2o1. The predicted molar refractivity (Wildman–Crippen MR) is 68.8 cm³/mol. The molecule has 3 aromatic rings. The van der Waals surface area contributed by atoms with Crippen molar-refractivity contribution in [3.05, 3.63) is 41.8 Å². The lowest BCUT2D eigenvalue weighted by Crippen LogP contribution is -1.85. The summed E-state index contributed by atoms with van der Waals surface area (Å²) in [5.41, 5.74) is 1.32. The monoisotopic (exact) mass is 260 g/mol. The van der Waals surface area contributed by atoms with Crippen molar-refractivity contribution < 1.29 is 9.15 Å². The highest BCUT2D eigenvalue weighted by atomic mass is 35.5. The van der Waals surface area contributed by atoms with E-state index in [0.717, 1.165) is 11.3 Å². The molecule has 0 aliphatic rings. The Morgan fingerprint density at radius 2 is 2.06 bits per heavy atom. The molecule has 2 aromatic heterocycles. The number of halogens is 1. The first-order valence-electron chi connectivity index (χ1n) is 5.33. The number of ether oxygens (including phenoxy) is 1. The third-order valence-corrected chi connectivity index (χ3v) is 2.95. The molecule has 90 valence electrons. The number of rotatable bonds is 2. The number of hydrogen-bond donors (Lipinski definition) is 0. The van der Waals surface area contributed by atoms with E-state index in [9.17, 15) is 0 Å². The van der Waals surface area contributed by atoms with Crippen LogP contribution in [0.4, 0.5) is 0 Å². The van der Waals surface area contributed by atoms with E-state index in [1.54, 1.807) is 7.11 Å². The fraction of sp³-hybridized carbons (Fsp3) is 0.0769. The molecule has 0 N–H and O–H groups in total. The molecule has 4 nitrogen and oxygen atoms in total. The summed E-state index contributed by atoms with van der Waals surface area (Å²) in [6.07, 6.45) is 1.38.